The highest BCUT2D eigenvalue weighted by molar-refractivity contribution is 7.89. The number of benzene rings is 3. The van der Waals surface area contributed by atoms with Crippen LogP contribution in [-0.2, 0) is 22.4 Å². The Morgan fingerprint density at radius 1 is 0.765 bits per heavy atom. The summed E-state index contributed by atoms with van der Waals surface area (Å²) in [6.07, 6.45) is -10.1. The molecule has 0 bridgehead atoms. The van der Waals surface area contributed by atoms with Crippen molar-refractivity contribution in [1.29, 1.82) is 0 Å². The smallest absolute Gasteiger partial charge is 0.416 e. The molecule has 5 nitrogen and oxygen atoms in total. The molecule has 1 aliphatic rings. The first-order valence-electron chi connectivity index (χ1n) is 9.52. The number of alkyl halides is 6. The Hall–Kier alpha value is -3.25. The quantitative estimate of drug-likeness (QED) is 0.463. The summed E-state index contributed by atoms with van der Waals surface area (Å²) < 4.78 is 115. The van der Waals surface area contributed by atoms with Crippen molar-refractivity contribution in [3.8, 4) is 33.8 Å². The number of primary sulfonamides is 1. The molecule has 0 atom stereocenters. The molecule has 0 aromatic heterocycles. The monoisotopic (exact) mass is 503 g/mol. The van der Waals surface area contributed by atoms with Crippen molar-refractivity contribution in [2.75, 3.05) is 6.79 Å². The molecule has 0 fully saturated rings. The van der Waals surface area contributed by atoms with Gasteiger partial charge in [-0.2, -0.15) is 26.3 Å². The number of rotatable bonds is 3. The van der Waals surface area contributed by atoms with Crippen LogP contribution in [0.1, 0.15) is 16.7 Å². The third kappa shape index (κ3) is 4.42. The van der Waals surface area contributed by atoms with Crippen molar-refractivity contribution in [2.45, 2.75) is 24.2 Å². The van der Waals surface area contributed by atoms with Gasteiger partial charge >= 0.3 is 12.4 Å². The predicted molar refractivity (Wildman–Crippen MR) is 110 cm³/mol. The lowest BCUT2D eigenvalue weighted by Gasteiger charge is -2.20. The molecule has 0 amide bonds. The van der Waals surface area contributed by atoms with Crippen molar-refractivity contribution in [2.24, 2.45) is 5.14 Å². The molecule has 1 aliphatic heterocycles. The van der Waals surface area contributed by atoms with Crippen LogP contribution < -0.4 is 14.6 Å². The topological polar surface area (TPSA) is 78.6 Å². The lowest BCUT2D eigenvalue weighted by atomic mass is 9.89. The molecular formula is C22H15F6NO4S. The highest BCUT2D eigenvalue weighted by Crippen LogP contribution is 2.47. The summed E-state index contributed by atoms with van der Waals surface area (Å²) in [6.45, 7) is 0.583. The van der Waals surface area contributed by atoms with E-state index in [1.165, 1.54) is 36.4 Å². The van der Waals surface area contributed by atoms with Gasteiger partial charge in [0.1, 0.15) is 0 Å². The zero-order chi connectivity index (χ0) is 25.1. The SMILES string of the molecule is Cc1c(C(F)(F)F)cc(-c2cc3c(cc2-c2ccc(S(N)(=O)=O)cc2)OCO3)cc1C(F)(F)F. The van der Waals surface area contributed by atoms with Crippen LogP contribution in [0, 0.1) is 6.92 Å². The van der Waals surface area contributed by atoms with E-state index < -0.39 is 39.1 Å². The van der Waals surface area contributed by atoms with Crippen molar-refractivity contribution in [3.63, 3.8) is 0 Å². The average molecular weight is 503 g/mol. The van der Waals surface area contributed by atoms with Crippen molar-refractivity contribution in [3.05, 3.63) is 65.2 Å². The van der Waals surface area contributed by atoms with Crippen LogP contribution in [0.3, 0.4) is 0 Å². The van der Waals surface area contributed by atoms with Crippen LogP contribution in [0.25, 0.3) is 22.3 Å². The van der Waals surface area contributed by atoms with Gasteiger partial charge in [0.15, 0.2) is 11.5 Å². The van der Waals surface area contributed by atoms with E-state index in [1.807, 2.05) is 0 Å². The fourth-order valence-corrected chi connectivity index (χ4v) is 4.22. The first-order valence-corrected chi connectivity index (χ1v) is 11.1. The van der Waals surface area contributed by atoms with Gasteiger partial charge in [0.25, 0.3) is 0 Å². The molecule has 180 valence electrons. The predicted octanol–water partition coefficient (Wildman–Crippen LogP) is 5.74. The van der Waals surface area contributed by atoms with Crippen molar-refractivity contribution >= 4 is 10.0 Å². The second kappa shape index (κ2) is 7.91. The molecule has 0 saturated heterocycles. The van der Waals surface area contributed by atoms with Gasteiger partial charge in [0, 0.05) is 0 Å². The van der Waals surface area contributed by atoms with E-state index >= 15 is 0 Å². The average Bonchev–Trinajstić information content (AvgIpc) is 3.18. The highest BCUT2D eigenvalue weighted by atomic mass is 32.2. The maximum atomic E-state index is 13.6. The molecule has 1 heterocycles. The summed E-state index contributed by atoms with van der Waals surface area (Å²) in [5.41, 5.74) is -3.63. The van der Waals surface area contributed by atoms with E-state index in [0.717, 1.165) is 6.92 Å². The molecule has 0 radical (unpaired) electrons. The molecule has 0 aliphatic carbocycles. The Balaban J connectivity index is 2.00. The van der Waals surface area contributed by atoms with Crippen molar-refractivity contribution < 1.29 is 44.2 Å². The minimum Gasteiger partial charge on any atom is -0.454 e. The van der Waals surface area contributed by atoms with E-state index in [4.69, 9.17) is 14.6 Å². The van der Waals surface area contributed by atoms with Gasteiger partial charge in [-0.1, -0.05) is 12.1 Å². The van der Waals surface area contributed by atoms with Gasteiger partial charge in [0.05, 0.1) is 16.0 Å². The summed E-state index contributed by atoms with van der Waals surface area (Å²) in [6, 6.07) is 9.01. The number of hydrogen-bond donors (Lipinski definition) is 1. The minimum absolute atomic E-state index is 0.00334. The molecule has 0 saturated carbocycles. The first-order chi connectivity index (χ1) is 15.7. The fourth-order valence-electron chi connectivity index (χ4n) is 3.70. The van der Waals surface area contributed by atoms with Crippen LogP contribution in [-0.4, -0.2) is 15.2 Å². The maximum absolute atomic E-state index is 13.6. The van der Waals surface area contributed by atoms with E-state index in [9.17, 15) is 34.8 Å². The third-order valence-corrected chi connectivity index (χ3v) is 6.27. The molecule has 12 heteroatoms. The van der Waals surface area contributed by atoms with E-state index in [0.29, 0.717) is 17.7 Å². The molecule has 0 unspecified atom stereocenters. The summed E-state index contributed by atoms with van der Waals surface area (Å²) >= 11 is 0. The van der Waals surface area contributed by atoms with Gasteiger partial charge in [-0.15, -0.1) is 0 Å². The molecule has 2 N–H and O–H groups in total. The van der Waals surface area contributed by atoms with Gasteiger partial charge in [-0.05, 0) is 71.1 Å². The van der Waals surface area contributed by atoms with Gasteiger partial charge in [-0.3, -0.25) is 0 Å². The molecule has 3 aromatic rings. The first kappa shape index (κ1) is 23.9. The lowest BCUT2D eigenvalue weighted by Crippen LogP contribution is -2.15. The zero-order valence-corrected chi connectivity index (χ0v) is 18.0. The maximum Gasteiger partial charge on any atom is 0.416 e. The summed E-state index contributed by atoms with van der Waals surface area (Å²) in [7, 11) is -4.02. The van der Waals surface area contributed by atoms with Crippen LogP contribution in [0.4, 0.5) is 26.3 Å². The highest BCUT2D eigenvalue weighted by Gasteiger charge is 2.40. The summed E-state index contributed by atoms with van der Waals surface area (Å²) in [5, 5.41) is 5.09. The summed E-state index contributed by atoms with van der Waals surface area (Å²) in [5.74, 6) is 0.371. The number of sulfonamides is 1. The van der Waals surface area contributed by atoms with E-state index in [2.05, 4.69) is 0 Å². The van der Waals surface area contributed by atoms with Crippen LogP contribution in [0.2, 0.25) is 0 Å². The summed E-state index contributed by atoms with van der Waals surface area (Å²) in [4.78, 5) is -0.215. The lowest BCUT2D eigenvalue weighted by molar-refractivity contribution is -0.143. The zero-order valence-electron chi connectivity index (χ0n) is 17.2. The molecule has 34 heavy (non-hydrogen) atoms. The molecular weight excluding hydrogens is 488 g/mol. The van der Waals surface area contributed by atoms with E-state index in [-0.39, 0.29) is 39.9 Å². The number of nitrogens with two attached hydrogens (primary N) is 1. The Labute approximate surface area is 189 Å². The Morgan fingerprint density at radius 2 is 1.21 bits per heavy atom. The second-order valence-electron chi connectivity index (χ2n) is 7.51. The number of halogens is 6. The van der Waals surface area contributed by atoms with E-state index in [1.54, 1.807) is 0 Å². The number of hydrogen-bond acceptors (Lipinski definition) is 4. The normalized spacial score (nSPS) is 13.9. The van der Waals surface area contributed by atoms with Crippen LogP contribution in [0.5, 0.6) is 11.5 Å². The fraction of sp³-hybridized carbons (Fsp3) is 0.182. The largest absolute Gasteiger partial charge is 0.454 e. The van der Waals surface area contributed by atoms with Gasteiger partial charge < -0.3 is 9.47 Å². The minimum atomic E-state index is -5.03. The molecule has 4 rings (SSSR count). The second-order valence-corrected chi connectivity index (χ2v) is 9.07. The van der Waals surface area contributed by atoms with Crippen molar-refractivity contribution in [1.82, 2.24) is 0 Å². The standard InChI is InChI=1S/C22H15F6NO4S/c1-11-17(21(23,24)25)6-13(7-18(11)22(26,27)28)16-9-20-19(32-10-33-20)8-15(16)12-2-4-14(5-3-12)34(29,30)31/h2-9H,10H2,1H3,(H2,29,30,31). The Kier molecular flexibility index (Phi) is 5.56. The van der Waals surface area contributed by atoms with Gasteiger partial charge in [-0.25, -0.2) is 13.6 Å². The number of ether oxygens (including phenoxy) is 2. The third-order valence-electron chi connectivity index (χ3n) is 5.34. The Morgan fingerprint density at radius 3 is 1.62 bits per heavy atom. The number of fused-ring (bicyclic) bond motifs is 1. The van der Waals surface area contributed by atoms with Crippen LogP contribution >= 0.6 is 0 Å². The molecule has 3 aromatic carbocycles. The molecule has 0 spiro atoms. The van der Waals surface area contributed by atoms with Crippen LogP contribution in [0.15, 0.2) is 53.4 Å². The Bertz CT molecular complexity index is 1350. The van der Waals surface area contributed by atoms with Gasteiger partial charge in [0.2, 0.25) is 16.8 Å².